The molecule has 4 rings (SSSR count). The number of anilines is 1. The van der Waals surface area contributed by atoms with Crippen LogP contribution in [-0.4, -0.2) is 65.8 Å². The molecule has 2 aliphatic rings. The molecule has 0 bridgehead atoms. The molecule has 2 fully saturated rings. The van der Waals surface area contributed by atoms with Crippen LogP contribution in [0.4, 0.5) is 10.2 Å². The Morgan fingerprint density at radius 3 is 2.60 bits per heavy atom. The minimum Gasteiger partial charge on any atom is -0.378 e. The number of morpholine rings is 1. The zero-order valence-electron chi connectivity index (χ0n) is 14.2. The lowest BCUT2D eigenvalue weighted by Crippen LogP contribution is -2.50. The second-order valence-electron chi connectivity index (χ2n) is 6.56. The van der Waals surface area contributed by atoms with Gasteiger partial charge in [0, 0.05) is 19.5 Å². The number of carbonyl (C=O) groups excluding carboxylic acids is 1. The van der Waals surface area contributed by atoms with Crippen molar-refractivity contribution in [2.75, 3.05) is 37.7 Å². The van der Waals surface area contributed by atoms with Crippen LogP contribution < -0.4 is 4.90 Å². The molecule has 2 aromatic rings. The van der Waals surface area contributed by atoms with Gasteiger partial charge in [-0.05, 0) is 19.1 Å². The second kappa shape index (κ2) is 6.55. The number of halogens is 1. The number of aryl methyl sites for hydroxylation is 1. The van der Waals surface area contributed by atoms with Crippen molar-refractivity contribution in [3.63, 3.8) is 0 Å². The lowest BCUT2D eigenvalue weighted by molar-refractivity contribution is -0.136. The molecule has 2 saturated heterocycles. The first-order chi connectivity index (χ1) is 12.1. The van der Waals surface area contributed by atoms with Gasteiger partial charge in [-0.2, -0.15) is 0 Å². The van der Waals surface area contributed by atoms with Crippen LogP contribution in [0.2, 0.25) is 0 Å². The van der Waals surface area contributed by atoms with Crippen molar-refractivity contribution in [1.82, 2.24) is 14.9 Å². The molecule has 7 heteroatoms. The van der Waals surface area contributed by atoms with E-state index in [1.807, 2.05) is 31.2 Å². The maximum Gasteiger partial charge on any atom is 0.245 e. The Kier molecular flexibility index (Phi) is 4.25. The van der Waals surface area contributed by atoms with Gasteiger partial charge in [-0.25, -0.2) is 14.4 Å². The second-order valence-corrected chi connectivity index (χ2v) is 6.56. The molecule has 0 N–H and O–H groups in total. The predicted molar refractivity (Wildman–Crippen MR) is 92.3 cm³/mol. The van der Waals surface area contributed by atoms with Crippen LogP contribution >= 0.6 is 0 Å². The Hall–Kier alpha value is -2.28. The van der Waals surface area contributed by atoms with E-state index in [2.05, 4.69) is 9.97 Å². The smallest absolute Gasteiger partial charge is 0.245 e. The van der Waals surface area contributed by atoms with Crippen LogP contribution in [0.5, 0.6) is 0 Å². The molecule has 1 amide bonds. The Bertz CT molecular complexity index is 794. The summed E-state index contributed by atoms with van der Waals surface area (Å²) in [5.41, 5.74) is 2.27. The van der Waals surface area contributed by atoms with Crippen LogP contribution in [0.15, 0.2) is 24.3 Å². The lowest BCUT2D eigenvalue weighted by atomic mass is 10.1. The zero-order valence-corrected chi connectivity index (χ0v) is 14.2. The summed E-state index contributed by atoms with van der Waals surface area (Å²) in [6.07, 6.45) is -0.841. The molecule has 1 aromatic heterocycles. The predicted octanol–water partition coefficient (Wildman–Crippen LogP) is 1.71. The largest absolute Gasteiger partial charge is 0.378 e. The first-order valence-electron chi connectivity index (χ1n) is 8.64. The van der Waals surface area contributed by atoms with E-state index in [0.717, 1.165) is 11.0 Å². The van der Waals surface area contributed by atoms with Crippen LogP contribution in [-0.2, 0) is 9.53 Å². The van der Waals surface area contributed by atoms with Crippen LogP contribution in [0.1, 0.15) is 12.1 Å². The molecular formula is C18H21FN4O2. The molecular weight excluding hydrogens is 323 g/mol. The van der Waals surface area contributed by atoms with E-state index < -0.39 is 12.2 Å². The summed E-state index contributed by atoms with van der Waals surface area (Å²) in [5.74, 6) is 0.559. The number of nitrogens with zero attached hydrogens (tertiary/aromatic N) is 4. The Morgan fingerprint density at radius 2 is 1.88 bits per heavy atom. The van der Waals surface area contributed by atoms with Crippen LogP contribution in [0.3, 0.4) is 0 Å². The summed E-state index contributed by atoms with van der Waals surface area (Å²) in [4.78, 5) is 25.7. The van der Waals surface area contributed by atoms with Crippen molar-refractivity contribution in [2.45, 2.75) is 25.6 Å². The fraction of sp³-hybridized carbons (Fsp3) is 0.500. The van der Waals surface area contributed by atoms with E-state index in [4.69, 9.17) is 4.74 Å². The first-order valence-corrected chi connectivity index (χ1v) is 8.64. The number of hydrogen-bond acceptors (Lipinski definition) is 5. The Balaban J connectivity index is 1.67. The van der Waals surface area contributed by atoms with E-state index in [9.17, 15) is 9.18 Å². The SMILES string of the molecule is Cc1nc2ccccc2nc1N1C[C@H](F)C[C@H]1C(=O)N1CCOCC1. The minimum atomic E-state index is -1.04. The van der Waals surface area contributed by atoms with E-state index in [-0.39, 0.29) is 18.9 Å². The van der Waals surface area contributed by atoms with E-state index in [1.165, 1.54) is 0 Å². The van der Waals surface area contributed by atoms with Gasteiger partial charge in [-0.15, -0.1) is 0 Å². The van der Waals surface area contributed by atoms with Crippen LogP contribution in [0.25, 0.3) is 11.0 Å². The third kappa shape index (κ3) is 3.04. The number of carbonyl (C=O) groups is 1. The number of benzene rings is 1. The molecule has 0 aliphatic carbocycles. The normalized spacial score (nSPS) is 24.1. The molecule has 0 radical (unpaired) electrons. The number of fused-ring (bicyclic) bond motifs is 1. The molecule has 2 aliphatic heterocycles. The minimum absolute atomic E-state index is 0.0437. The average molecular weight is 344 g/mol. The molecule has 0 spiro atoms. The lowest BCUT2D eigenvalue weighted by Gasteiger charge is -2.33. The highest BCUT2D eigenvalue weighted by molar-refractivity contribution is 5.87. The monoisotopic (exact) mass is 344 g/mol. The third-order valence-corrected chi connectivity index (χ3v) is 4.85. The number of amides is 1. The maximum atomic E-state index is 14.2. The van der Waals surface area contributed by atoms with Gasteiger partial charge in [0.25, 0.3) is 0 Å². The maximum absolute atomic E-state index is 14.2. The van der Waals surface area contributed by atoms with Crippen molar-refractivity contribution in [2.24, 2.45) is 0 Å². The number of hydrogen-bond donors (Lipinski definition) is 0. The number of para-hydroxylation sites is 2. The molecule has 25 heavy (non-hydrogen) atoms. The zero-order chi connectivity index (χ0) is 17.4. The fourth-order valence-corrected chi connectivity index (χ4v) is 3.60. The first kappa shape index (κ1) is 16.2. The molecule has 1 aromatic carbocycles. The van der Waals surface area contributed by atoms with Crippen molar-refractivity contribution in [3.8, 4) is 0 Å². The number of ether oxygens (including phenoxy) is 1. The molecule has 2 atom stereocenters. The quantitative estimate of drug-likeness (QED) is 0.830. The number of alkyl halides is 1. The van der Waals surface area contributed by atoms with Crippen molar-refractivity contribution in [1.29, 1.82) is 0 Å². The fourth-order valence-electron chi connectivity index (χ4n) is 3.60. The summed E-state index contributed by atoms with van der Waals surface area (Å²) in [5, 5.41) is 0. The van der Waals surface area contributed by atoms with Gasteiger partial charge < -0.3 is 14.5 Å². The van der Waals surface area contributed by atoms with Gasteiger partial charge in [0.15, 0.2) is 5.82 Å². The van der Waals surface area contributed by atoms with Gasteiger partial charge in [0.1, 0.15) is 12.2 Å². The summed E-state index contributed by atoms with van der Waals surface area (Å²) in [6.45, 7) is 4.22. The van der Waals surface area contributed by atoms with Crippen molar-refractivity contribution >= 4 is 22.8 Å². The van der Waals surface area contributed by atoms with Crippen molar-refractivity contribution in [3.05, 3.63) is 30.0 Å². The average Bonchev–Trinajstić information content (AvgIpc) is 3.02. The van der Waals surface area contributed by atoms with Gasteiger partial charge in [0.05, 0.1) is 36.5 Å². The summed E-state index contributed by atoms with van der Waals surface area (Å²) >= 11 is 0. The Morgan fingerprint density at radius 1 is 1.20 bits per heavy atom. The molecule has 0 unspecified atom stereocenters. The van der Waals surface area contributed by atoms with E-state index >= 15 is 0 Å². The van der Waals surface area contributed by atoms with Crippen molar-refractivity contribution < 1.29 is 13.9 Å². The van der Waals surface area contributed by atoms with E-state index in [0.29, 0.717) is 37.8 Å². The van der Waals surface area contributed by atoms with E-state index in [1.54, 1.807) is 9.80 Å². The summed E-state index contributed by atoms with van der Waals surface area (Å²) < 4.78 is 19.5. The van der Waals surface area contributed by atoms with Gasteiger partial charge in [0.2, 0.25) is 5.91 Å². The van der Waals surface area contributed by atoms with Gasteiger partial charge in [-0.1, -0.05) is 12.1 Å². The molecule has 0 saturated carbocycles. The highest BCUT2D eigenvalue weighted by Gasteiger charge is 2.40. The number of aromatic nitrogens is 2. The van der Waals surface area contributed by atoms with Gasteiger partial charge >= 0.3 is 0 Å². The van der Waals surface area contributed by atoms with Crippen LogP contribution in [0, 0.1) is 6.92 Å². The third-order valence-electron chi connectivity index (χ3n) is 4.85. The highest BCUT2D eigenvalue weighted by atomic mass is 19.1. The summed E-state index contributed by atoms with van der Waals surface area (Å²) in [6, 6.07) is 7.06. The molecule has 3 heterocycles. The summed E-state index contributed by atoms with van der Waals surface area (Å²) in [7, 11) is 0. The Labute approximate surface area is 145 Å². The topological polar surface area (TPSA) is 58.6 Å². The number of rotatable bonds is 2. The highest BCUT2D eigenvalue weighted by Crippen LogP contribution is 2.30. The molecule has 6 nitrogen and oxygen atoms in total. The molecule has 132 valence electrons. The standard InChI is InChI=1S/C18H21FN4O2/c1-12-17(21-15-5-3-2-4-14(15)20-12)23-11-13(19)10-16(23)18(24)22-6-8-25-9-7-22/h2-5,13,16H,6-11H2,1H3/t13-,16+/m1/s1. The van der Waals surface area contributed by atoms with Gasteiger partial charge in [-0.3, -0.25) is 4.79 Å².